The highest BCUT2D eigenvalue weighted by Crippen LogP contribution is 2.33. The van der Waals surface area contributed by atoms with E-state index in [-0.39, 0.29) is 42.0 Å². The van der Waals surface area contributed by atoms with Crippen LogP contribution in [0.3, 0.4) is 0 Å². The Morgan fingerprint density at radius 1 is 1.09 bits per heavy atom. The summed E-state index contributed by atoms with van der Waals surface area (Å²) in [6.45, 7) is 6.29. The number of nitrogens with zero attached hydrogens (tertiary/aromatic N) is 2. The maximum absolute atomic E-state index is 13.5. The summed E-state index contributed by atoms with van der Waals surface area (Å²) in [6, 6.07) is 7.92. The minimum atomic E-state index is -3.91. The van der Waals surface area contributed by atoms with E-state index in [4.69, 9.17) is 4.74 Å². The molecule has 1 amide bonds. The van der Waals surface area contributed by atoms with Crippen molar-refractivity contribution in [2.24, 2.45) is 5.92 Å². The smallest absolute Gasteiger partial charge is 0.341 e. The molecule has 2 aromatic rings. The normalized spacial score (nSPS) is 17.4. The van der Waals surface area contributed by atoms with E-state index in [9.17, 15) is 18.0 Å². The highest BCUT2D eigenvalue weighted by atomic mass is 32.2. The van der Waals surface area contributed by atoms with E-state index in [1.54, 1.807) is 20.8 Å². The molecule has 0 atom stereocenters. The number of hydrogen-bond acceptors (Lipinski definition) is 5. The third-order valence-corrected chi connectivity index (χ3v) is 8.42. The molecular weight excluding hydrogens is 430 g/mol. The molecule has 1 fully saturated rings. The van der Waals surface area contributed by atoms with Crippen LogP contribution in [-0.2, 0) is 26.0 Å². The molecule has 1 N–H and O–H groups in total. The average molecular weight is 460 g/mol. The Morgan fingerprint density at radius 3 is 2.47 bits per heavy atom. The van der Waals surface area contributed by atoms with Crippen LogP contribution in [0, 0.1) is 19.8 Å². The van der Waals surface area contributed by atoms with Gasteiger partial charge < -0.3 is 14.6 Å². The predicted octanol–water partition coefficient (Wildman–Crippen LogP) is 2.80. The molecule has 172 valence electrons. The second kappa shape index (κ2) is 8.71. The van der Waals surface area contributed by atoms with E-state index >= 15 is 0 Å². The fraction of sp³-hybridized carbons (Fsp3) is 0.478. The molecule has 32 heavy (non-hydrogen) atoms. The quantitative estimate of drug-likeness (QED) is 0.693. The lowest BCUT2D eigenvalue weighted by atomic mass is 9.96. The number of aromatic nitrogens is 1. The number of aryl methyl sites for hydroxylation is 2. The maximum Gasteiger partial charge on any atom is 0.341 e. The van der Waals surface area contributed by atoms with Crippen LogP contribution in [0.15, 0.2) is 29.2 Å². The standard InChI is InChI=1S/C23H29N3O5S/c1-4-31-23(28)20-15(2)24-16(3)21(20)32(29,30)25-12-9-18(10-13-25)22(27)26-14-11-17-7-5-6-8-19(17)26/h5-8,18,24H,4,9-14H2,1-3H3. The number of fused-ring (bicyclic) bond motifs is 1. The highest BCUT2D eigenvalue weighted by molar-refractivity contribution is 7.89. The van der Waals surface area contributed by atoms with Gasteiger partial charge in [0.15, 0.2) is 0 Å². The molecule has 2 aliphatic heterocycles. The molecule has 0 aliphatic carbocycles. The van der Waals surface area contributed by atoms with Crippen molar-refractivity contribution < 1.29 is 22.7 Å². The van der Waals surface area contributed by atoms with Gasteiger partial charge in [0.05, 0.1) is 6.61 Å². The molecule has 0 unspecified atom stereocenters. The number of ether oxygens (including phenoxy) is 1. The van der Waals surface area contributed by atoms with Crippen molar-refractivity contribution in [3.05, 3.63) is 46.8 Å². The average Bonchev–Trinajstić information content (AvgIpc) is 3.34. The first kappa shape index (κ1) is 22.5. The van der Waals surface area contributed by atoms with Crippen LogP contribution in [0.2, 0.25) is 0 Å². The number of H-pyrrole nitrogens is 1. The third kappa shape index (κ3) is 3.84. The second-order valence-electron chi connectivity index (χ2n) is 8.35. The van der Waals surface area contributed by atoms with Crippen molar-refractivity contribution in [1.82, 2.24) is 9.29 Å². The van der Waals surface area contributed by atoms with Crippen molar-refractivity contribution >= 4 is 27.6 Å². The Labute approximate surface area is 188 Å². The summed E-state index contributed by atoms with van der Waals surface area (Å²) in [6.07, 6.45) is 1.75. The summed E-state index contributed by atoms with van der Waals surface area (Å²) >= 11 is 0. The summed E-state index contributed by atoms with van der Waals surface area (Å²) in [7, 11) is -3.91. The van der Waals surface area contributed by atoms with Gasteiger partial charge in [0.25, 0.3) is 0 Å². The van der Waals surface area contributed by atoms with Crippen molar-refractivity contribution in [1.29, 1.82) is 0 Å². The van der Waals surface area contributed by atoms with Gasteiger partial charge in [-0.3, -0.25) is 4.79 Å². The van der Waals surface area contributed by atoms with E-state index in [1.165, 1.54) is 9.87 Å². The molecule has 1 saturated heterocycles. The van der Waals surface area contributed by atoms with Crippen molar-refractivity contribution in [2.45, 2.75) is 44.9 Å². The molecular formula is C23H29N3O5S. The lowest BCUT2D eigenvalue weighted by Gasteiger charge is -2.32. The van der Waals surface area contributed by atoms with E-state index in [0.29, 0.717) is 30.8 Å². The summed E-state index contributed by atoms with van der Waals surface area (Å²) in [5.74, 6) is -0.801. The molecule has 0 spiro atoms. The van der Waals surface area contributed by atoms with Crippen LogP contribution in [0.5, 0.6) is 0 Å². The van der Waals surface area contributed by atoms with Crippen molar-refractivity contribution in [2.75, 3.05) is 31.1 Å². The first-order valence-electron chi connectivity index (χ1n) is 11.0. The number of carbonyl (C=O) groups is 2. The zero-order valence-corrected chi connectivity index (χ0v) is 19.5. The van der Waals surface area contributed by atoms with Gasteiger partial charge in [-0.25, -0.2) is 13.2 Å². The van der Waals surface area contributed by atoms with Gasteiger partial charge in [-0.2, -0.15) is 4.31 Å². The van der Waals surface area contributed by atoms with E-state index < -0.39 is 16.0 Å². The SMILES string of the molecule is CCOC(=O)c1c(C)[nH]c(C)c1S(=O)(=O)N1CCC(C(=O)N2CCc3ccccc32)CC1. The van der Waals surface area contributed by atoms with Crippen LogP contribution in [0.4, 0.5) is 5.69 Å². The number of sulfonamides is 1. The number of anilines is 1. The van der Waals surface area contributed by atoms with E-state index in [0.717, 1.165) is 12.1 Å². The molecule has 3 heterocycles. The number of aromatic amines is 1. The summed E-state index contributed by atoms with van der Waals surface area (Å²) < 4.78 is 33.4. The summed E-state index contributed by atoms with van der Waals surface area (Å²) in [5.41, 5.74) is 3.08. The first-order chi connectivity index (χ1) is 15.3. The minimum Gasteiger partial charge on any atom is -0.462 e. The number of para-hydroxylation sites is 1. The maximum atomic E-state index is 13.5. The fourth-order valence-corrected chi connectivity index (χ4v) is 6.67. The van der Waals surface area contributed by atoms with Crippen LogP contribution in [-0.4, -0.2) is 55.8 Å². The van der Waals surface area contributed by atoms with Gasteiger partial charge in [-0.05, 0) is 51.7 Å². The van der Waals surface area contributed by atoms with Crippen LogP contribution >= 0.6 is 0 Å². The van der Waals surface area contributed by atoms with Crippen molar-refractivity contribution in [3.8, 4) is 0 Å². The Hall–Kier alpha value is -2.65. The van der Waals surface area contributed by atoms with Crippen LogP contribution in [0.25, 0.3) is 0 Å². The monoisotopic (exact) mass is 459 g/mol. The van der Waals surface area contributed by atoms with E-state index in [2.05, 4.69) is 4.98 Å². The molecule has 2 aliphatic rings. The van der Waals surface area contributed by atoms with Gasteiger partial charge in [-0.1, -0.05) is 18.2 Å². The molecule has 9 heteroatoms. The number of carbonyl (C=O) groups excluding carboxylic acids is 2. The molecule has 1 aromatic heterocycles. The molecule has 0 saturated carbocycles. The number of rotatable bonds is 5. The van der Waals surface area contributed by atoms with Gasteiger partial charge >= 0.3 is 5.97 Å². The summed E-state index contributed by atoms with van der Waals surface area (Å²) in [4.78, 5) is 30.4. The number of hydrogen-bond donors (Lipinski definition) is 1. The zero-order valence-electron chi connectivity index (χ0n) is 18.7. The molecule has 1 aromatic carbocycles. The summed E-state index contributed by atoms with van der Waals surface area (Å²) in [5, 5.41) is 0. The molecule has 0 bridgehead atoms. The number of esters is 1. The van der Waals surface area contributed by atoms with Gasteiger partial charge in [-0.15, -0.1) is 0 Å². The van der Waals surface area contributed by atoms with Gasteiger partial charge in [0.1, 0.15) is 10.5 Å². The minimum absolute atomic E-state index is 0.0216. The Morgan fingerprint density at radius 2 is 1.78 bits per heavy atom. The first-order valence-corrected chi connectivity index (χ1v) is 12.5. The topological polar surface area (TPSA) is 99.8 Å². The number of piperidine rings is 1. The van der Waals surface area contributed by atoms with Crippen molar-refractivity contribution in [3.63, 3.8) is 0 Å². The lowest BCUT2D eigenvalue weighted by molar-refractivity contribution is -0.123. The predicted molar refractivity (Wildman–Crippen MR) is 120 cm³/mol. The largest absolute Gasteiger partial charge is 0.462 e. The zero-order chi connectivity index (χ0) is 23.0. The Bertz CT molecular complexity index is 1150. The number of amides is 1. The van der Waals surface area contributed by atoms with Crippen LogP contribution in [0.1, 0.15) is 47.1 Å². The fourth-order valence-electron chi connectivity index (χ4n) is 4.79. The number of benzene rings is 1. The number of nitrogens with one attached hydrogen (secondary N) is 1. The molecule has 4 rings (SSSR count). The highest BCUT2D eigenvalue weighted by Gasteiger charge is 2.39. The van der Waals surface area contributed by atoms with Gasteiger partial charge in [0.2, 0.25) is 15.9 Å². The molecule has 8 nitrogen and oxygen atoms in total. The van der Waals surface area contributed by atoms with Crippen LogP contribution < -0.4 is 4.90 Å². The third-order valence-electron chi connectivity index (χ3n) is 6.35. The van der Waals surface area contributed by atoms with Gasteiger partial charge in [0, 0.05) is 42.6 Å². The Balaban J connectivity index is 1.50. The molecule has 0 radical (unpaired) electrons. The van der Waals surface area contributed by atoms with E-state index in [1.807, 2.05) is 29.2 Å². The second-order valence-corrected chi connectivity index (χ2v) is 10.2. The lowest BCUT2D eigenvalue weighted by Crippen LogP contribution is -2.44. The Kier molecular flexibility index (Phi) is 6.13.